The van der Waals surface area contributed by atoms with Gasteiger partial charge in [-0.05, 0) is 35.9 Å². The van der Waals surface area contributed by atoms with E-state index in [-0.39, 0.29) is 11.1 Å². The molecule has 0 fully saturated rings. The van der Waals surface area contributed by atoms with Gasteiger partial charge in [0, 0.05) is 12.3 Å². The van der Waals surface area contributed by atoms with Gasteiger partial charge in [0.15, 0.2) is 5.15 Å². The third-order valence-corrected chi connectivity index (χ3v) is 3.43. The Morgan fingerprint density at radius 2 is 1.95 bits per heavy atom. The predicted molar refractivity (Wildman–Crippen MR) is 83.4 cm³/mol. The van der Waals surface area contributed by atoms with Crippen LogP contribution in [-0.4, -0.2) is 10.9 Å². The molecule has 0 spiro atoms. The maximum absolute atomic E-state index is 11.7. The Morgan fingerprint density at radius 3 is 2.65 bits per heavy atom. The van der Waals surface area contributed by atoms with Crippen molar-refractivity contribution < 1.29 is 4.79 Å². The van der Waals surface area contributed by atoms with Crippen LogP contribution in [0.4, 0.5) is 5.69 Å². The number of nitrogens with zero attached hydrogens (tertiary/aromatic N) is 1. The third kappa shape index (κ3) is 3.97. The number of hydrogen-bond donors (Lipinski definition) is 1. The van der Waals surface area contributed by atoms with Crippen molar-refractivity contribution in [1.29, 1.82) is 0 Å². The maximum Gasteiger partial charge on any atom is 0.248 e. The first-order valence-corrected chi connectivity index (χ1v) is 6.74. The molecule has 3 nitrogen and oxygen atoms in total. The normalized spacial score (nSPS) is 10.8. The Bertz CT molecular complexity index is 671. The lowest BCUT2D eigenvalue weighted by atomic mass is 10.2. The number of hydrogen-bond acceptors (Lipinski definition) is 2. The molecule has 0 aliphatic heterocycles. The second kappa shape index (κ2) is 6.75. The first-order chi connectivity index (χ1) is 9.56. The summed E-state index contributed by atoms with van der Waals surface area (Å²) in [6.45, 7) is 0. The van der Waals surface area contributed by atoms with Crippen LogP contribution in [0.3, 0.4) is 0 Å². The number of benzene rings is 1. The Labute approximate surface area is 131 Å². The minimum atomic E-state index is -0.314. The molecule has 0 unspecified atom stereocenters. The molecular formula is C14H9Cl3N2O. The molecule has 0 atom stereocenters. The van der Waals surface area contributed by atoms with Crippen LogP contribution < -0.4 is 5.32 Å². The SMILES string of the molecule is O=C(C=Cc1ccc(Cl)c(Cl)c1)Nc1cccnc1Cl. The number of amides is 1. The van der Waals surface area contributed by atoms with E-state index in [4.69, 9.17) is 34.8 Å². The molecule has 1 aromatic carbocycles. The topological polar surface area (TPSA) is 42.0 Å². The monoisotopic (exact) mass is 326 g/mol. The molecule has 1 N–H and O–H groups in total. The number of halogens is 3. The van der Waals surface area contributed by atoms with Gasteiger partial charge in [-0.3, -0.25) is 4.79 Å². The molecule has 0 aliphatic rings. The fourth-order valence-corrected chi connectivity index (χ4v) is 1.91. The molecule has 20 heavy (non-hydrogen) atoms. The van der Waals surface area contributed by atoms with Gasteiger partial charge in [-0.2, -0.15) is 0 Å². The van der Waals surface area contributed by atoms with E-state index < -0.39 is 0 Å². The number of aromatic nitrogens is 1. The molecule has 1 aromatic heterocycles. The van der Waals surface area contributed by atoms with E-state index in [9.17, 15) is 4.79 Å². The molecule has 0 bridgehead atoms. The number of carbonyl (C=O) groups excluding carboxylic acids is 1. The summed E-state index contributed by atoms with van der Waals surface area (Å²) in [4.78, 5) is 15.6. The lowest BCUT2D eigenvalue weighted by Crippen LogP contribution is -2.08. The number of pyridine rings is 1. The van der Waals surface area contributed by atoms with Gasteiger partial charge in [-0.15, -0.1) is 0 Å². The van der Waals surface area contributed by atoms with Gasteiger partial charge >= 0.3 is 0 Å². The van der Waals surface area contributed by atoms with Crippen molar-refractivity contribution in [3.05, 3.63) is 63.4 Å². The standard InChI is InChI=1S/C14H9Cl3N2O/c15-10-5-3-9(8-11(10)16)4-6-13(20)19-12-2-1-7-18-14(12)17/h1-8H,(H,19,20). The fraction of sp³-hybridized carbons (Fsp3) is 0. The van der Waals surface area contributed by atoms with E-state index in [0.29, 0.717) is 15.7 Å². The van der Waals surface area contributed by atoms with Crippen LogP contribution in [-0.2, 0) is 4.79 Å². The lowest BCUT2D eigenvalue weighted by molar-refractivity contribution is -0.111. The smallest absolute Gasteiger partial charge is 0.248 e. The molecule has 2 rings (SSSR count). The third-order valence-electron chi connectivity index (χ3n) is 2.39. The van der Waals surface area contributed by atoms with Crippen molar-refractivity contribution in [2.24, 2.45) is 0 Å². The predicted octanol–water partition coefficient (Wildman–Crippen LogP) is 4.69. The summed E-state index contributed by atoms with van der Waals surface area (Å²) in [7, 11) is 0. The van der Waals surface area contributed by atoms with Gasteiger partial charge < -0.3 is 5.32 Å². The van der Waals surface area contributed by atoms with E-state index in [0.717, 1.165) is 5.56 Å². The van der Waals surface area contributed by atoms with Gasteiger partial charge in [0.05, 0.1) is 15.7 Å². The largest absolute Gasteiger partial charge is 0.320 e. The zero-order valence-electron chi connectivity index (χ0n) is 10.1. The van der Waals surface area contributed by atoms with E-state index in [1.165, 1.54) is 6.08 Å². The quantitative estimate of drug-likeness (QED) is 0.656. The van der Waals surface area contributed by atoms with Crippen LogP contribution in [0, 0.1) is 0 Å². The van der Waals surface area contributed by atoms with Crippen LogP contribution >= 0.6 is 34.8 Å². The number of carbonyl (C=O) groups is 1. The van der Waals surface area contributed by atoms with Gasteiger partial charge in [-0.1, -0.05) is 40.9 Å². The van der Waals surface area contributed by atoms with Gasteiger partial charge in [0.2, 0.25) is 5.91 Å². The molecule has 2 aromatic rings. The summed E-state index contributed by atoms with van der Waals surface area (Å²) in [5, 5.41) is 3.77. The van der Waals surface area contributed by atoms with Crippen molar-refractivity contribution in [3.63, 3.8) is 0 Å². The zero-order chi connectivity index (χ0) is 14.5. The molecule has 0 aliphatic carbocycles. The van der Waals surface area contributed by atoms with E-state index in [1.807, 2.05) is 0 Å². The van der Waals surface area contributed by atoms with Crippen molar-refractivity contribution in [2.45, 2.75) is 0 Å². The number of anilines is 1. The van der Waals surface area contributed by atoms with Gasteiger partial charge in [-0.25, -0.2) is 4.98 Å². The zero-order valence-corrected chi connectivity index (χ0v) is 12.4. The lowest BCUT2D eigenvalue weighted by Gasteiger charge is -2.03. The van der Waals surface area contributed by atoms with Crippen LogP contribution in [0.15, 0.2) is 42.6 Å². The summed E-state index contributed by atoms with van der Waals surface area (Å²) < 4.78 is 0. The molecule has 0 saturated heterocycles. The second-order valence-electron chi connectivity index (χ2n) is 3.84. The second-order valence-corrected chi connectivity index (χ2v) is 5.01. The van der Waals surface area contributed by atoms with Crippen molar-refractivity contribution in [2.75, 3.05) is 5.32 Å². The molecule has 6 heteroatoms. The van der Waals surface area contributed by atoms with E-state index >= 15 is 0 Å². The van der Waals surface area contributed by atoms with Gasteiger partial charge in [0.1, 0.15) is 0 Å². The summed E-state index contributed by atoms with van der Waals surface area (Å²) in [6.07, 6.45) is 4.55. The minimum Gasteiger partial charge on any atom is -0.320 e. The number of rotatable bonds is 3. The summed E-state index contributed by atoms with van der Waals surface area (Å²) in [6, 6.07) is 8.45. The average Bonchev–Trinajstić information content (AvgIpc) is 2.43. The van der Waals surface area contributed by atoms with E-state index in [2.05, 4.69) is 10.3 Å². The molecular weight excluding hydrogens is 319 g/mol. The first-order valence-electron chi connectivity index (χ1n) is 5.61. The summed E-state index contributed by atoms with van der Waals surface area (Å²) in [5.74, 6) is -0.314. The fourth-order valence-electron chi connectivity index (χ4n) is 1.44. The Balaban J connectivity index is 2.06. The summed E-state index contributed by atoms with van der Waals surface area (Å²) >= 11 is 17.5. The maximum atomic E-state index is 11.7. The number of nitrogens with one attached hydrogen (secondary N) is 1. The van der Waals surface area contributed by atoms with Crippen LogP contribution in [0.1, 0.15) is 5.56 Å². The molecule has 1 heterocycles. The van der Waals surface area contributed by atoms with Crippen molar-refractivity contribution in [3.8, 4) is 0 Å². The molecule has 0 saturated carbocycles. The molecule has 1 amide bonds. The molecule has 102 valence electrons. The minimum absolute atomic E-state index is 0.240. The average molecular weight is 328 g/mol. The highest BCUT2D eigenvalue weighted by Crippen LogP contribution is 2.23. The molecule has 0 radical (unpaired) electrons. The van der Waals surface area contributed by atoms with Crippen LogP contribution in [0.5, 0.6) is 0 Å². The van der Waals surface area contributed by atoms with Gasteiger partial charge in [0.25, 0.3) is 0 Å². The summed E-state index contributed by atoms with van der Waals surface area (Å²) in [5.41, 5.74) is 1.23. The highest BCUT2D eigenvalue weighted by molar-refractivity contribution is 6.42. The van der Waals surface area contributed by atoms with Crippen LogP contribution in [0.25, 0.3) is 6.08 Å². The van der Waals surface area contributed by atoms with Crippen molar-refractivity contribution in [1.82, 2.24) is 4.98 Å². The van der Waals surface area contributed by atoms with E-state index in [1.54, 1.807) is 42.6 Å². The highest BCUT2D eigenvalue weighted by atomic mass is 35.5. The first kappa shape index (κ1) is 14.9. The Morgan fingerprint density at radius 1 is 1.15 bits per heavy atom. The van der Waals surface area contributed by atoms with Crippen LogP contribution in [0.2, 0.25) is 15.2 Å². The Hall–Kier alpha value is -1.55. The highest BCUT2D eigenvalue weighted by Gasteiger charge is 2.03. The van der Waals surface area contributed by atoms with Crippen molar-refractivity contribution >= 4 is 52.5 Å². The Kier molecular flexibility index (Phi) is 5.01.